The molecule has 0 aromatic heterocycles. The number of hydrogen-bond acceptors (Lipinski definition) is 0. The molecule has 4 unspecified atom stereocenters. The van der Waals surface area contributed by atoms with E-state index in [9.17, 15) is 0 Å². The second-order valence-electron chi connectivity index (χ2n) is 46.9. The first-order valence-electron chi connectivity index (χ1n) is 57.7. The molecular formula is C143H162. The highest BCUT2D eigenvalue weighted by atomic mass is 14.6. The van der Waals surface area contributed by atoms with Gasteiger partial charge in [0, 0.05) is 37.9 Å². The Kier molecular flexibility index (Phi) is 27.1. The van der Waals surface area contributed by atoms with Crippen LogP contribution in [0.5, 0.6) is 0 Å². The van der Waals surface area contributed by atoms with Crippen LogP contribution in [0.1, 0.15) is 395 Å². The van der Waals surface area contributed by atoms with Crippen LogP contribution in [-0.4, -0.2) is 0 Å². The average molecular weight is 1880 g/mol. The summed E-state index contributed by atoms with van der Waals surface area (Å²) in [5.74, 6) is 2.15. The summed E-state index contributed by atoms with van der Waals surface area (Å²) in [4.78, 5) is 0. The van der Waals surface area contributed by atoms with Crippen LogP contribution < -0.4 is 0 Å². The molecular weight excluding hydrogens is 1720 g/mol. The zero-order chi connectivity index (χ0) is 99.2. The second kappa shape index (κ2) is 39.5. The van der Waals surface area contributed by atoms with Crippen molar-refractivity contribution in [2.24, 2.45) is 23.7 Å². The molecule has 0 saturated heterocycles. The first-order chi connectivity index (χ1) is 69.7. The third-order valence-corrected chi connectivity index (χ3v) is 38.2. The third kappa shape index (κ3) is 15.7. The van der Waals surface area contributed by atoms with Crippen molar-refractivity contribution in [3.63, 3.8) is 0 Å². The summed E-state index contributed by atoms with van der Waals surface area (Å²) in [7, 11) is 0. The van der Waals surface area contributed by atoms with Gasteiger partial charge in [-0.3, -0.25) is 0 Å². The fourth-order valence-corrected chi connectivity index (χ4v) is 31.2. The molecule has 0 heteroatoms. The van der Waals surface area contributed by atoms with Crippen molar-refractivity contribution in [1.82, 2.24) is 0 Å². The number of unbranched alkanes of at least 4 members (excludes halogenated alkanes) is 2. The van der Waals surface area contributed by atoms with Crippen molar-refractivity contribution in [2.75, 3.05) is 0 Å². The summed E-state index contributed by atoms with van der Waals surface area (Å²) in [5, 5.41) is 0. The van der Waals surface area contributed by atoms with E-state index >= 15 is 0 Å². The highest BCUT2D eigenvalue weighted by Crippen LogP contribution is 2.66. The minimum atomic E-state index is -0.164. The first kappa shape index (κ1) is 98.1. The Morgan fingerprint density at radius 3 is 0.441 bits per heavy atom. The van der Waals surface area contributed by atoms with Crippen molar-refractivity contribution in [1.29, 1.82) is 0 Å². The molecule has 734 valence electrons. The van der Waals surface area contributed by atoms with Crippen LogP contribution in [0.25, 0.3) is 145 Å². The van der Waals surface area contributed by atoms with Crippen molar-refractivity contribution < 1.29 is 0 Å². The monoisotopic (exact) mass is 1880 g/mol. The van der Waals surface area contributed by atoms with E-state index in [4.69, 9.17) is 0 Å². The number of rotatable bonds is 40. The molecule has 0 nitrogen and oxygen atoms in total. The van der Waals surface area contributed by atoms with Crippen LogP contribution in [0, 0.1) is 23.7 Å². The number of hydrogen-bond donors (Lipinski definition) is 0. The van der Waals surface area contributed by atoms with Crippen LogP contribution in [0.3, 0.4) is 0 Å². The minimum Gasteiger partial charge on any atom is -0.0654 e. The molecule has 0 N–H and O–H groups in total. The molecule has 0 heterocycles. The van der Waals surface area contributed by atoms with Gasteiger partial charge in [0.2, 0.25) is 0 Å². The van der Waals surface area contributed by atoms with Gasteiger partial charge in [0.05, 0.1) is 0 Å². The Labute approximate surface area is 862 Å². The van der Waals surface area contributed by atoms with Gasteiger partial charge in [-0.1, -0.05) is 421 Å². The van der Waals surface area contributed by atoms with Crippen LogP contribution in [0.2, 0.25) is 0 Å². The van der Waals surface area contributed by atoms with E-state index in [1.54, 1.807) is 44.5 Å². The topological polar surface area (TPSA) is 0 Å². The standard InChI is InChI=1S/C143H162/c1-19-33-75-141(76-34-20-2)131-83-103(107-53-65-121-119-63-51-105(85-133(119)142(135(121)87-107,89-93(15)29-11)90-94(16)30-12)101-47-59-115-113-57-45-99(79-127(113)139(71-25-7,72-26-8)129(115)81-101)97-43-55-111-109-39-35-37-41-123(109)137(67-21-3,68-22-4)125(111)77-97)49-61-117(131)118-62-50-104(84-132(118)141)108-54-66-122-120-64-52-106(86-134(120)143(136(122)88-108,91-95(17)31-13)92-96(18)32-14)102-48-60-116-114-58-46-100(80-128(114)140(73-27-9,74-28-10)130(116)82-102)98-44-56-112-110-40-36-38-42-124(110)138(69-23-5,70-24-6)126(112)78-98/h35-66,77-88,93-96H,19-34,67-76,89-92H2,1-18H3. The number of fused-ring (bicyclic) bond motifs is 21. The lowest BCUT2D eigenvalue weighted by Gasteiger charge is -2.37. The van der Waals surface area contributed by atoms with E-state index in [0.29, 0.717) is 23.7 Å². The summed E-state index contributed by atoms with van der Waals surface area (Å²) in [6.45, 7) is 44.1. The molecule has 4 atom stereocenters. The normalized spacial score (nSPS) is 17.9. The summed E-state index contributed by atoms with van der Waals surface area (Å²) in [5.41, 5.74) is 57.5. The van der Waals surface area contributed by atoms with Gasteiger partial charge in [0.25, 0.3) is 0 Å². The quantitative estimate of drug-likeness (QED) is 0.0359. The molecule has 7 aliphatic rings. The summed E-state index contributed by atoms with van der Waals surface area (Å²) < 4.78 is 0. The van der Waals surface area contributed by atoms with Crippen molar-refractivity contribution in [2.45, 2.75) is 355 Å². The molecule has 14 aromatic carbocycles. The number of benzene rings is 14. The predicted octanol–water partition coefficient (Wildman–Crippen LogP) is 42.1. The van der Waals surface area contributed by atoms with Crippen LogP contribution in [0.15, 0.2) is 267 Å². The molecule has 21 rings (SSSR count). The SMILES string of the molecule is CCCCC1(CCCC)c2cc(-c3ccc4c(c3)C(CC(C)CC)(CC(C)CC)c3cc(-c5ccc6c(c5)C(CCC)(CCC)c5cc(-c7ccc8c(c7)C(CCC)(CCC)c7ccccc7-8)ccc5-6)ccc3-4)ccc2-c2ccc(-c3ccc4c(c3)C(CC(C)CC)(CC(C)CC)c3cc(-c5ccc6c(c5)C(CCC)(CCC)c5cc(-c7ccc8c(c7)C(CCC)(CCC)c7ccccc7-8)ccc5-6)ccc3-4)cc21. The fourth-order valence-electron chi connectivity index (χ4n) is 31.2. The smallest absolute Gasteiger partial charge is 0.0220 e. The van der Waals surface area contributed by atoms with Crippen molar-refractivity contribution in [3.8, 4) is 145 Å². The Morgan fingerprint density at radius 2 is 0.287 bits per heavy atom. The molecule has 14 aromatic rings. The maximum Gasteiger partial charge on any atom is 0.0220 e. The highest BCUT2D eigenvalue weighted by molar-refractivity contribution is 5.96. The maximum atomic E-state index is 2.74. The summed E-state index contributed by atoms with van der Waals surface area (Å²) in [6.07, 6.45) is 34.5. The summed E-state index contributed by atoms with van der Waals surface area (Å²) in [6, 6.07) is 112. The Bertz CT molecular complexity index is 6680. The third-order valence-electron chi connectivity index (χ3n) is 38.2. The Morgan fingerprint density at radius 1 is 0.147 bits per heavy atom. The minimum absolute atomic E-state index is 0.0460. The highest BCUT2D eigenvalue weighted by Gasteiger charge is 2.52. The van der Waals surface area contributed by atoms with E-state index < -0.39 is 0 Å². The van der Waals surface area contributed by atoms with E-state index in [0.717, 1.165) is 116 Å². The average Bonchev–Trinajstić information content (AvgIpc) is 1.59. The lowest BCUT2D eigenvalue weighted by atomic mass is 9.66. The molecule has 143 heavy (non-hydrogen) atoms. The van der Waals surface area contributed by atoms with Crippen LogP contribution in [-0.2, 0) is 37.9 Å². The predicted molar refractivity (Wildman–Crippen MR) is 617 cm³/mol. The van der Waals surface area contributed by atoms with E-state index in [1.807, 2.05) is 0 Å². The van der Waals surface area contributed by atoms with Crippen LogP contribution >= 0.6 is 0 Å². The van der Waals surface area contributed by atoms with Gasteiger partial charge in [-0.05, 0) is 409 Å². The zero-order valence-electron chi connectivity index (χ0n) is 90.4. The molecule has 0 radical (unpaired) electrons. The fraction of sp³-hybridized carbons (Fsp3) is 0.413. The molecule has 0 aliphatic heterocycles. The van der Waals surface area contributed by atoms with E-state index in [1.165, 1.54) is 255 Å². The van der Waals surface area contributed by atoms with Crippen molar-refractivity contribution in [3.05, 3.63) is 345 Å². The van der Waals surface area contributed by atoms with Gasteiger partial charge in [-0.25, -0.2) is 0 Å². The zero-order valence-corrected chi connectivity index (χ0v) is 90.4. The lowest BCUT2D eigenvalue weighted by Crippen LogP contribution is -2.30. The van der Waals surface area contributed by atoms with E-state index in [2.05, 4.69) is 392 Å². The van der Waals surface area contributed by atoms with Crippen molar-refractivity contribution >= 4 is 0 Å². The van der Waals surface area contributed by atoms with Gasteiger partial charge in [-0.2, -0.15) is 0 Å². The van der Waals surface area contributed by atoms with Gasteiger partial charge < -0.3 is 0 Å². The van der Waals surface area contributed by atoms with Crippen LogP contribution in [0.4, 0.5) is 0 Å². The van der Waals surface area contributed by atoms with Gasteiger partial charge in [0.15, 0.2) is 0 Å². The van der Waals surface area contributed by atoms with Gasteiger partial charge in [0.1, 0.15) is 0 Å². The van der Waals surface area contributed by atoms with Gasteiger partial charge in [-0.15, -0.1) is 0 Å². The molecule has 0 fully saturated rings. The summed E-state index contributed by atoms with van der Waals surface area (Å²) >= 11 is 0. The van der Waals surface area contributed by atoms with Gasteiger partial charge >= 0.3 is 0 Å². The second-order valence-corrected chi connectivity index (χ2v) is 46.9. The molecule has 0 amide bonds. The molecule has 0 bridgehead atoms. The first-order valence-corrected chi connectivity index (χ1v) is 57.7. The molecule has 7 aliphatic carbocycles. The lowest BCUT2D eigenvalue weighted by molar-refractivity contribution is 0.308. The molecule has 0 saturated carbocycles. The maximum absolute atomic E-state index is 2.74. The van der Waals surface area contributed by atoms with E-state index in [-0.39, 0.29) is 37.9 Å². The molecule has 0 spiro atoms. The Hall–Kier alpha value is -10.9. The largest absolute Gasteiger partial charge is 0.0654 e. The Balaban J connectivity index is 0.617.